The Balaban J connectivity index is 2.16. The minimum absolute atomic E-state index is 0.0514. The standard InChI is InChI=1S/C26H35Cl2N3O5S/c1-5-15-29-26(33)19(3)30(18-20-9-14-23(27)24(28)17-20)25(32)8-7-16-31(37(4,34)35)21-10-12-22(13-11-21)36-6-2/h9-14,17,19H,5-8,15-16,18H2,1-4H3,(H,29,33)/t19-/m1/s1. The van der Waals surface area contributed by atoms with Gasteiger partial charge >= 0.3 is 0 Å². The average Bonchev–Trinajstić information content (AvgIpc) is 2.85. The van der Waals surface area contributed by atoms with E-state index in [-0.39, 0.29) is 37.7 Å². The second kappa shape index (κ2) is 14.4. The van der Waals surface area contributed by atoms with Gasteiger partial charge in [-0.05, 0) is 68.7 Å². The Morgan fingerprint density at radius 3 is 2.30 bits per heavy atom. The van der Waals surface area contributed by atoms with E-state index >= 15 is 0 Å². The Morgan fingerprint density at radius 2 is 1.73 bits per heavy atom. The molecule has 1 atom stereocenters. The summed E-state index contributed by atoms with van der Waals surface area (Å²) in [6, 6.07) is 11.1. The van der Waals surface area contributed by atoms with Crippen LogP contribution < -0.4 is 14.4 Å². The number of carbonyl (C=O) groups is 2. The molecular formula is C26H35Cl2N3O5S. The monoisotopic (exact) mass is 571 g/mol. The molecule has 0 unspecified atom stereocenters. The molecule has 0 aliphatic rings. The van der Waals surface area contributed by atoms with Crippen LogP contribution in [0.25, 0.3) is 0 Å². The number of anilines is 1. The molecule has 2 amide bonds. The van der Waals surface area contributed by atoms with Gasteiger partial charge in [0.15, 0.2) is 0 Å². The number of halogens is 2. The quantitative estimate of drug-likeness (QED) is 0.348. The Hall–Kier alpha value is -2.49. The molecule has 0 fully saturated rings. The summed E-state index contributed by atoms with van der Waals surface area (Å²) >= 11 is 12.2. The van der Waals surface area contributed by atoms with Crippen molar-refractivity contribution in [1.29, 1.82) is 0 Å². The van der Waals surface area contributed by atoms with Gasteiger partial charge in [0.05, 0.1) is 28.6 Å². The molecule has 0 heterocycles. The second-order valence-electron chi connectivity index (χ2n) is 8.60. The first-order valence-electron chi connectivity index (χ1n) is 12.2. The van der Waals surface area contributed by atoms with Gasteiger partial charge in [-0.1, -0.05) is 36.2 Å². The molecule has 0 saturated heterocycles. The molecule has 0 aliphatic carbocycles. The maximum atomic E-state index is 13.3. The van der Waals surface area contributed by atoms with Crippen molar-refractivity contribution in [1.82, 2.24) is 10.2 Å². The zero-order chi connectivity index (χ0) is 27.6. The molecule has 0 aliphatic heterocycles. The van der Waals surface area contributed by atoms with Crippen LogP contribution in [0.2, 0.25) is 10.0 Å². The van der Waals surface area contributed by atoms with E-state index in [2.05, 4.69) is 5.32 Å². The van der Waals surface area contributed by atoms with Crippen molar-refractivity contribution in [3.8, 4) is 5.75 Å². The van der Waals surface area contributed by atoms with E-state index in [1.807, 2.05) is 13.8 Å². The first kappa shape index (κ1) is 30.7. The van der Waals surface area contributed by atoms with Gasteiger partial charge in [0, 0.05) is 26.1 Å². The van der Waals surface area contributed by atoms with Crippen molar-refractivity contribution in [2.45, 2.75) is 52.6 Å². The Labute approximate surface area is 229 Å². The van der Waals surface area contributed by atoms with Crippen LogP contribution in [-0.4, -0.2) is 57.1 Å². The first-order chi connectivity index (χ1) is 17.5. The molecule has 0 aromatic heterocycles. The van der Waals surface area contributed by atoms with Crippen molar-refractivity contribution >= 4 is 50.7 Å². The van der Waals surface area contributed by atoms with Crippen LogP contribution in [-0.2, 0) is 26.2 Å². The lowest BCUT2D eigenvalue weighted by molar-refractivity contribution is -0.140. The smallest absolute Gasteiger partial charge is 0.242 e. The Kier molecular flexibility index (Phi) is 12.0. The molecule has 8 nitrogen and oxygen atoms in total. The van der Waals surface area contributed by atoms with Crippen molar-refractivity contribution in [3.05, 3.63) is 58.1 Å². The van der Waals surface area contributed by atoms with Crippen LogP contribution in [0.15, 0.2) is 42.5 Å². The largest absolute Gasteiger partial charge is 0.494 e. The van der Waals surface area contributed by atoms with E-state index < -0.39 is 16.1 Å². The number of benzene rings is 2. The molecule has 204 valence electrons. The van der Waals surface area contributed by atoms with Crippen LogP contribution in [0.5, 0.6) is 5.75 Å². The van der Waals surface area contributed by atoms with Crippen LogP contribution in [0.3, 0.4) is 0 Å². The maximum absolute atomic E-state index is 13.3. The fourth-order valence-corrected chi connectivity index (χ4v) is 4.98. The SMILES string of the molecule is CCCNC(=O)[C@@H](C)N(Cc1ccc(Cl)c(Cl)c1)C(=O)CCCN(c1ccc(OCC)cc1)S(C)(=O)=O. The highest BCUT2D eigenvalue weighted by molar-refractivity contribution is 7.92. The summed E-state index contributed by atoms with van der Waals surface area (Å²) in [6.45, 7) is 6.76. The molecule has 0 saturated carbocycles. The third-order valence-corrected chi connectivity index (χ3v) is 7.57. The third-order valence-electron chi connectivity index (χ3n) is 5.64. The fourth-order valence-electron chi connectivity index (χ4n) is 3.69. The van der Waals surface area contributed by atoms with E-state index in [1.165, 1.54) is 9.21 Å². The van der Waals surface area contributed by atoms with Gasteiger partial charge < -0.3 is 15.0 Å². The Morgan fingerprint density at radius 1 is 1.05 bits per heavy atom. The summed E-state index contributed by atoms with van der Waals surface area (Å²) in [5.74, 6) is 0.107. The first-order valence-corrected chi connectivity index (χ1v) is 14.8. The molecule has 1 N–H and O–H groups in total. The van der Waals surface area contributed by atoms with E-state index in [4.69, 9.17) is 27.9 Å². The lowest BCUT2D eigenvalue weighted by Crippen LogP contribution is -2.47. The molecule has 2 aromatic carbocycles. The molecule has 11 heteroatoms. The minimum Gasteiger partial charge on any atom is -0.494 e. The highest BCUT2D eigenvalue weighted by atomic mass is 35.5. The molecular weight excluding hydrogens is 537 g/mol. The summed E-state index contributed by atoms with van der Waals surface area (Å²) in [7, 11) is -3.58. The summed E-state index contributed by atoms with van der Waals surface area (Å²) in [4.78, 5) is 27.5. The predicted molar refractivity (Wildman–Crippen MR) is 149 cm³/mol. The molecule has 37 heavy (non-hydrogen) atoms. The Bertz CT molecular complexity index is 1160. The van der Waals surface area contributed by atoms with Crippen LogP contribution in [0.4, 0.5) is 5.69 Å². The van der Waals surface area contributed by atoms with Gasteiger partial charge in [-0.2, -0.15) is 0 Å². The number of hydrogen-bond donors (Lipinski definition) is 1. The number of sulfonamides is 1. The van der Waals surface area contributed by atoms with Gasteiger partial charge in [0.1, 0.15) is 11.8 Å². The zero-order valence-electron chi connectivity index (χ0n) is 21.7. The van der Waals surface area contributed by atoms with Gasteiger partial charge in [0.2, 0.25) is 21.8 Å². The number of carbonyl (C=O) groups excluding carboxylic acids is 2. The van der Waals surface area contributed by atoms with Gasteiger partial charge in [-0.15, -0.1) is 0 Å². The number of nitrogens with zero attached hydrogens (tertiary/aromatic N) is 2. The molecule has 0 spiro atoms. The number of rotatable bonds is 14. The zero-order valence-corrected chi connectivity index (χ0v) is 24.0. The number of hydrogen-bond acceptors (Lipinski definition) is 5. The number of ether oxygens (including phenoxy) is 1. The van der Waals surface area contributed by atoms with E-state index in [0.29, 0.717) is 34.6 Å². The van der Waals surface area contributed by atoms with Crippen molar-refractivity contribution in [3.63, 3.8) is 0 Å². The lowest BCUT2D eigenvalue weighted by Gasteiger charge is -2.29. The van der Waals surface area contributed by atoms with E-state index in [1.54, 1.807) is 49.4 Å². The van der Waals surface area contributed by atoms with Crippen LogP contribution in [0, 0.1) is 0 Å². The topological polar surface area (TPSA) is 96.0 Å². The number of nitrogens with one attached hydrogen (secondary N) is 1. The van der Waals surface area contributed by atoms with Gasteiger partial charge in [0.25, 0.3) is 0 Å². The van der Waals surface area contributed by atoms with Gasteiger partial charge in [-0.3, -0.25) is 13.9 Å². The highest BCUT2D eigenvalue weighted by Gasteiger charge is 2.26. The molecule has 0 radical (unpaired) electrons. The number of amides is 2. The summed E-state index contributed by atoms with van der Waals surface area (Å²) in [6.07, 6.45) is 2.21. The summed E-state index contributed by atoms with van der Waals surface area (Å²) < 4.78 is 31.6. The maximum Gasteiger partial charge on any atom is 0.242 e. The van der Waals surface area contributed by atoms with Crippen LogP contribution >= 0.6 is 23.2 Å². The average molecular weight is 573 g/mol. The van der Waals surface area contributed by atoms with Gasteiger partial charge in [-0.25, -0.2) is 8.42 Å². The summed E-state index contributed by atoms with van der Waals surface area (Å²) in [5.41, 5.74) is 1.21. The fraction of sp³-hybridized carbons (Fsp3) is 0.462. The lowest BCUT2D eigenvalue weighted by atomic mass is 10.1. The van der Waals surface area contributed by atoms with Crippen LogP contribution in [0.1, 0.15) is 45.6 Å². The van der Waals surface area contributed by atoms with Crippen molar-refractivity contribution < 1.29 is 22.7 Å². The highest BCUT2D eigenvalue weighted by Crippen LogP contribution is 2.25. The minimum atomic E-state index is -3.58. The molecule has 0 bridgehead atoms. The molecule has 2 aromatic rings. The summed E-state index contributed by atoms with van der Waals surface area (Å²) in [5, 5.41) is 3.58. The second-order valence-corrected chi connectivity index (χ2v) is 11.3. The molecule has 2 rings (SSSR count). The van der Waals surface area contributed by atoms with Crippen molar-refractivity contribution in [2.24, 2.45) is 0 Å². The third kappa shape index (κ3) is 9.39. The predicted octanol–water partition coefficient (Wildman–Crippen LogP) is 4.88. The van der Waals surface area contributed by atoms with E-state index in [0.717, 1.165) is 18.2 Å². The van der Waals surface area contributed by atoms with E-state index in [9.17, 15) is 18.0 Å². The van der Waals surface area contributed by atoms with Crippen molar-refractivity contribution in [2.75, 3.05) is 30.3 Å². The normalized spacial score (nSPS) is 12.1.